The van der Waals surface area contributed by atoms with Gasteiger partial charge in [0.2, 0.25) is 23.6 Å². The Hall–Kier alpha value is -4.01. The Morgan fingerprint density at radius 3 is 2.18 bits per heavy atom. The van der Waals surface area contributed by atoms with E-state index in [0.717, 1.165) is 10.9 Å². The Labute approximate surface area is 225 Å². The summed E-state index contributed by atoms with van der Waals surface area (Å²) < 4.78 is 0. The molecule has 14 nitrogen and oxygen atoms in total. The second kappa shape index (κ2) is 15.4. The topological polar surface area (TPSA) is 256 Å². The minimum absolute atomic E-state index is 0.0472. The number of aliphatic hydroxyl groups excluding tert-OH is 1. The third kappa shape index (κ3) is 9.67. The maximum absolute atomic E-state index is 13.2. The van der Waals surface area contributed by atoms with Crippen LogP contribution >= 0.6 is 0 Å². The minimum Gasteiger partial charge on any atom is -0.480 e. The minimum atomic E-state index is -1.44. The summed E-state index contributed by atoms with van der Waals surface area (Å²) in [7, 11) is 0. The first kappa shape index (κ1) is 31.2. The van der Waals surface area contributed by atoms with Crippen molar-refractivity contribution < 1.29 is 34.2 Å². The molecule has 0 fully saturated rings. The van der Waals surface area contributed by atoms with Crippen LogP contribution in [0.1, 0.15) is 37.7 Å². The summed E-state index contributed by atoms with van der Waals surface area (Å²) in [5.41, 5.74) is 17.9. The first-order valence-corrected chi connectivity index (χ1v) is 12.6. The smallest absolute Gasteiger partial charge is 0.326 e. The molecule has 2 rings (SSSR count). The van der Waals surface area contributed by atoms with Crippen LogP contribution in [-0.2, 0) is 30.4 Å². The number of primary amides is 1. The van der Waals surface area contributed by atoms with Crippen LogP contribution in [0.25, 0.3) is 10.9 Å². The van der Waals surface area contributed by atoms with Gasteiger partial charge in [0.1, 0.15) is 18.1 Å². The molecule has 214 valence electrons. The van der Waals surface area contributed by atoms with Gasteiger partial charge in [-0.15, -0.1) is 0 Å². The quantitative estimate of drug-likeness (QED) is 0.0987. The second-order valence-corrected chi connectivity index (χ2v) is 9.16. The lowest BCUT2D eigenvalue weighted by Crippen LogP contribution is -2.58. The molecule has 0 saturated heterocycles. The number of nitrogens with one attached hydrogen (secondary N) is 4. The van der Waals surface area contributed by atoms with Crippen molar-refractivity contribution >= 4 is 40.5 Å². The number of H-pyrrole nitrogens is 1. The van der Waals surface area contributed by atoms with Crippen molar-refractivity contribution in [3.05, 3.63) is 36.0 Å². The van der Waals surface area contributed by atoms with Crippen LogP contribution in [0.3, 0.4) is 0 Å². The maximum atomic E-state index is 13.2. The van der Waals surface area contributed by atoms with E-state index >= 15 is 0 Å². The molecule has 2 aromatic rings. The third-order valence-corrected chi connectivity index (χ3v) is 6.15. The Balaban J connectivity index is 2.21. The van der Waals surface area contributed by atoms with Crippen LogP contribution in [0, 0.1) is 0 Å². The SMILES string of the molecule is NCCCCC(N)C(=O)NC(CO)C(=O)NC(Cc1c[nH]c2ccccc12)C(=O)NC(CCC(N)=O)C(=O)O. The largest absolute Gasteiger partial charge is 0.480 e. The van der Waals surface area contributed by atoms with Gasteiger partial charge in [-0.3, -0.25) is 19.2 Å². The zero-order valence-electron chi connectivity index (χ0n) is 21.5. The number of nitrogens with two attached hydrogens (primary N) is 3. The predicted molar refractivity (Wildman–Crippen MR) is 142 cm³/mol. The van der Waals surface area contributed by atoms with Crippen LogP contribution in [0.4, 0.5) is 0 Å². The van der Waals surface area contributed by atoms with E-state index in [4.69, 9.17) is 17.2 Å². The van der Waals surface area contributed by atoms with Crippen molar-refractivity contribution in [2.24, 2.45) is 17.2 Å². The molecular formula is C25H37N7O7. The number of aromatic amines is 1. The maximum Gasteiger partial charge on any atom is 0.326 e. The Morgan fingerprint density at radius 2 is 1.54 bits per heavy atom. The van der Waals surface area contributed by atoms with Gasteiger partial charge in [0.15, 0.2) is 0 Å². The van der Waals surface area contributed by atoms with Crippen LogP contribution in [0.15, 0.2) is 30.5 Å². The average Bonchev–Trinajstić information content (AvgIpc) is 3.31. The van der Waals surface area contributed by atoms with E-state index in [9.17, 15) is 34.2 Å². The summed E-state index contributed by atoms with van der Waals surface area (Å²) in [5.74, 6) is -4.49. The van der Waals surface area contributed by atoms with E-state index in [1.54, 1.807) is 12.3 Å². The second-order valence-electron chi connectivity index (χ2n) is 9.16. The zero-order chi connectivity index (χ0) is 28.9. The van der Waals surface area contributed by atoms with Gasteiger partial charge >= 0.3 is 5.97 Å². The highest BCUT2D eigenvalue weighted by molar-refractivity contribution is 5.95. The summed E-state index contributed by atoms with van der Waals surface area (Å²) >= 11 is 0. The average molecular weight is 548 g/mol. The number of amides is 4. The molecule has 14 heteroatoms. The number of rotatable bonds is 17. The number of fused-ring (bicyclic) bond motifs is 1. The Kier molecular flexibility index (Phi) is 12.3. The molecule has 1 aromatic heterocycles. The molecule has 0 bridgehead atoms. The van der Waals surface area contributed by atoms with Gasteiger partial charge in [0.25, 0.3) is 0 Å². The molecule has 4 amide bonds. The first-order chi connectivity index (χ1) is 18.6. The Morgan fingerprint density at radius 1 is 0.897 bits per heavy atom. The molecule has 0 aliphatic rings. The van der Waals surface area contributed by atoms with Gasteiger partial charge in [-0.25, -0.2) is 4.79 Å². The molecule has 0 saturated carbocycles. The number of unbranched alkanes of at least 4 members (excludes halogenated alkanes) is 1. The monoisotopic (exact) mass is 547 g/mol. The van der Waals surface area contributed by atoms with E-state index in [0.29, 0.717) is 31.4 Å². The molecule has 4 atom stereocenters. The van der Waals surface area contributed by atoms with E-state index < -0.39 is 60.4 Å². The highest BCUT2D eigenvalue weighted by Gasteiger charge is 2.31. The number of para-hydroxylation sites is 1. The summed E-state index contributed by atoms with van der Waals surface area (Å²) in [6.45, 7) is -0.327. The molecule has 4 unspecified atom stereocenters. The lowest BCUT2D eigenvalue weighted by atomic mass is 10.0. The predicted octanol–water partition coefficient (Wildman–Crippen LogP) is -2.04. The number of carbonyl (C=O) groups is 5. The van der Waals surface area contributed by atoms with Crippen molar-refractivity contribution in [1.29, 1.82) is 0 Å². The fourth-order valence-corrected chi connectivity index (χ4v) is 3.93. The van der Waals surface area contributed by atoms with Crippen molar-refractivity contribution in [1.82, 2.24) is 20.9 Å². The molecule has 12 N–H and O–H groups in total. The van der Waals surface area contributed by atoms with E-state index in [2.05, 4.69) is 20.9 Å². The molecular weight excluding hydrogens is 510 g/mol. The number of carboxylic acid groups (broad SMARTS) is 1. The Bertz CT molecular complexity index is 1150. The van der Waals surface area contributed by atoms with Crippen molar-refractivity contribution in [2.75, 3.05) is 13.2 Å². The standard InChI is InChI=1S/C25H37N7O7/c26-10-4-3-6-16(27)22(35)32-20(13-33)24(37)31-19(11-14-12-29-17-7-2-1-5-15(14)17)23(36)30-18(25(38)39)8-9-21(28)34/h1-2,5,7,12,16,18-20,29,33H,3-4,6,8-11,13,26-27H2,(H2,28,34)(H,30,36)(H,31,37)(H,32,35)(H,38,39). The molecule has 0 radical (unpaired) electrons. The van der Waals surface area contributed by atoms with Crippen molar-refractivity contribution in [2.45, 2.75) is 62.7 Å². The lowest BCUT2D eigenvalue weighted by molar-refractivity contribution is -0.142. The van der Waals surface area contributed by atoms with Crippen LogP contribution in [-0.4, -0.2) is 82.1 Å². The van der Waals surface area contributed by atoms with E-state index in [1.165, 1.54) is 0 Å². The summed E-state index contributed by atoms with van der Waals surface area (Å²) in [4.78, 5) is 64.5. The number of carboxylic acids is 1. The molecule has 1 heterocycles. The van der Waals surface area contributed by atoms with Gasteiger partial charge < -0.3 is 48.3 Å². The van der Waals surface area contributed by atoms with E-state index in [1.807, 2.05) is 18.2 Å². The van der Waals surface area contributed by atoms with Crippen LogP contribution in [0.5, 0.6) is 0 Å². The number of hydrogen-bond donors (Lipinski definition) is 9. The van der Waals surface area contributed by atoms with Gasteiger partial charge in [-0.1, -0.05) is 24.6 Å². The zero-order valence-corrected chi connectivity index (χ0v) is 21.5. The van der Waals surface area contributed by atoms with Crippen LogP contribution in [0.2, 0.25) is 0 Å². The normalized spacial score (nSPS) is 14.1. The molecule has 0 aliphatic carbocycles. The summed E-state index contributed by atoms with van der Waals surface area (Å²) in [5, 5.41) is 27.2. The van der Waals surface area contributed by atoms with Crippen molar-refractivity contribution in [3.8, 4) is 0 Å². The van der Waals surface area contributed by atoms with Gasteiger partial charge in [0.05, 0.1) is 12.6 Å². The number of carbonyl (C=O) groups excluding carboxylic acids is 4. The fourth-order valence-electron chi connectivity index (χ4n) is 3.93. The highest BCUT2D eigenvalue weighted by atomic mass is 16.4. The lowest BCUT2D eigenvalue weighted by Gasteiger charge is -2.24. The number of aliphatic carboxylic acids is 1. The number of aromatic nitrogens is 1. The molecule has 1 aromatic carbocycles. The van der Waals surface area contributed by atoms with Crippen LogP contribution < -0.4 is 33.2 Å². The first-order valence-electron chi connectivity index (χ1n) is 12.6. The summed E-state index contributed by atoms with van der Waals surface area (Å²) in [6.07, 6.45) is 2.69. The van der Waals surface area contributed by atoms with Gasteiger partial charge in [-0.05, 0) is 37.4 Å². The molecule has 39 heavy (non-hydrogen) atoms. The van der Waals surface area contributed by atoms with Gasteiger partial charge in [0, 0.05) is 29.9 Å². The van der Waals surface area contributed by atoms with Gasteiger partial charge in [-0.2, -0.15) is 0 Å². The summed E-state index contributed by atoms with van der Waals surface area (Å²) in [6, 6.07) is 2.18. The highest BCUT2D eigenvalue weighted by Crippen LogP contribution is 2.19. The molecule has 0 spiro atoms. The number of aliphatic hydroxyl groups is 1. The molecule has 0 aliphatic heterocycles. The van der Waals surface area contributed by atoms with Crippen molar-refractivity contribution in [3.63, 3.8) is 0 Å². The fraction of sp³-hybridized carbons (Fsp3) is 0.480. The number of benzene rings is 1. The third-order valence-electron chi connectivity index (χ3n) is 6.15. The number of hydrogen-bond acceptors (Lipinski definition) is 8. The van der Waals surface area contributed by atoms with E-state index in [-0.39, 0.29) is 19.3 Å².